The predicted molar refractivity (Wildman–Crippen MR) is 81.1 cm³/mol. The summed E-state index contributed by atoms with van der Waals surface area (Å²) in [5.74, 6) is -0.895. The summed E-state index contributed by atoms with van der Waals surface area (Å²) in [7, 11) is 1.65. The van der Waals surface area contributed by atoms with E-state index >= 15 is 0 Å². The van der Waals surface area contributed by atoms with Gasteiger partial charge in [-0.25, -0.2) is 4.79 Å². The van der Waals surface area contributed by atoms with Crippen LogP contribution in [0.3, 0.4) is 0 Å². The van der Waals surface area contributed by atoms with E-state index in [1.807, 2.05) is 6.07 Å². The van der Waals surface area contributed by atoms with Gasteiger partial charge in [-0.15, -0.1) is 0 Å². The molecule has 1 heterocycles. The summed E-state index contributed by atoms with van der Waals surface area (Å²) in [5, 5.41) is 9.04. The Hall–Kier alpha value is -1.47. The molecule has 1 atom stereocenters. The molecular weight excluding hydrogens is 286 g/mol. The van der Waals surface area contributed by atoms with Crippen LogP contribution in [-0.4, -0.2) is 68.7 Å². The number of ether oxygens (including phenoxy) is 3. The highest BCUT2D eigenvalue weighted by atomic mass is 16.5. The van der Waals surface area contributed by atoms with Gasteiger partial charge < -0.3 is 19.3 Å². The highest BCUT2D eigenvalue weighted by Crippen LogP contribution is 2.12. The number of hydrogen-bond donors (Lipinski definition) is 1. The van der Waals surface area contributed by atoms with Crippen LogP contribution in [0.25, 0.3) is 0 Å². The number of methoxy groups -OCH3 is 1. The van der Waals surface area contributed by atoms with Crippen molar-refractivity contribution in [3.05, 3.63) is 35.4 Å². The zero-order valence-electron chi connectivity index (χ0n) is 12.9. The largest absolute Gasteiger partial charge is 0.478 e. The number of carboxylic acid groups (broad SMARTS) is 1. The Balaban J connectivity index is 1.82. The first-order valence-corrected chi connectivity index (χ1v) is 7.42. The van der Waals surface area contributed by atoms with Crippen LogP contribution in [-0.2, 0) is 20.8 Å². The molecule has 1 unspecified atom stereocenters. The summed E-state index contributed by atoms with van der Waals surface area (Å²) in [6.07, 6.45) is 0.0493. The maximum atomic E-state index is 11.0. The molecule has 1 fully saturated rings. The molecular formula is C16H23NO5. The Labute approximate surface area is 130 Å². The molecule has 22 heavy (non-hydrogen) atoms. The van der Waals surface area contributed by atoms with Crippen LogP contribution in [0, 0.1) is 0 Å². The minimum absolute atomic E-state index is 0.0493. The number of nitrogens with zero attached hydrogens (tertiary/aromatic N) is 1. The molecule has 1 aromatic rings. The molecule has 2 rings (SSSR count). The molecule has 0 radical (unpaired) electrons. The normalized spacial score (nSPS) is 19.2. The molecule has 0 aromatic heterocycles. The number of carbonyl (C=O) groups is 1. The van der Waals surface area contributed by atoms with Crippen LogP contribution in [0.1, 0.15) is 15.9 Å². The van der Waals surface area contributed by atoms with Crippen molar-refractivity contribution in [1.29, 1.82) is 0 Å². The zero-order valence-corrected chi connectivity index (χ0v) is 12.9. The topological polar surface area (TPSA) is 68.2 Å². The first kappa shape index (κ1) is 16.9. The van der Waals surface area contributed by atoms with E-state index in [-0.39, 0.29) is 6.10 Å². The first-order valence-electron chi connectivity index (χ1n) is 7.42. The van der Waals surface area contributed by atoms with Crippen molar-refractivity contribution in [3.63, 3.8) is 0 Å². The summed E-state index contributed by atoms with van der Waals surface area (Å²) in [6, 6.07) is 7.07. The van der Waals surface area contributed by atoms with Gasteiger partial charge in [0.1, 0.15) is 0 Å². The minimum atomic E-state index is -0.895. The fourth-order valence-corrected chi connectivity index (χ4v) is 2.44. The van der Waals surface area contributed by atoms with Crippen molar-refractivity contribution in [2.75, 3.05) is 46.6 Å². The summed E-state index contributed by atoms with van der Waals surface area (Å²) in [4.78, 5) is 13.3. The third-order valence-corrected chi connectivity index (χ3v) is 3.54. The number of hydrogen-bond acceptors (Lipinski definition) is 5. The Morgan fingerprint density at radius 3 is 3.09 bits per heavy atom. The third-order valence-electron chi connectivity index (χ3n) is 3.54. The highest BCUT2D eigenvalue weighted by molar-refractivity contribution is 5.87. The lowest BCUT2D eigenvalue weighted by Crippen LogP contribution is -2.44. The van der Waals surface area contributed by atoms with Crippen LogP contribution in [0.2, 0.25) is 0 Å². The van der Waals surface area contributed by atoms with E-state index in [9.17, 15) is 4.79 Å². The molecule has 1 aromatic carbocycles. The van der Waals surface area contributed by atoms with E-state index < -0.39 is 5.97 Å². The van der Waals surface area contributed by atoms with Gasteiger partial charge in [0.05, 0.1) is 38.1 Å². The molecule has 1 N–H and O–H groups in total. The molecule has 0 bridgehead atoms. The Bertz CT molecular complexity index is 479. The quantitative estimate of drug-likeness (QED) is 0.729. The molecule has 1 saturated heterocycles. The average molecular weight is 309 g/mol. The van der Waals surface area contributed by atoms with Gasteiger partial charge in [-0.2, -0.15) is 0 Å². The van der Waals surface area contributed by atoms with Crippen molar-refractivity contribution in [3.8, 4) is 0 Å². The lowest BCUT2D eigenvalue weighted by atomic mass is 10.1. The van der Waals surface area contributed by atoms with Gasteiger partial charge in [-0.1, -0.05) is 12.1 Å². The van der Waals surface area contributed by atoms with Crippen LogP contribution >= 0.6 is 0 Å². The fraction of sp³-hybridized carbons (Fsp3) is 0.562. The zero-order chi connectivity index (χ0) is 15.8. The van der Waals surface area contributed by atoms with Crippen LogP contribution in [0.4, 0.5) is 0 Å². The SMILES string of the molecule is COCCOCC1CN(Cc2cccc(C(=O)O)c2)CCO1. The van der Waals surface area contributed by atoms with E-state index in [0.717, 1.165) is 25.2 Å². The van der Waals surface area contributed by atoms with E-state index in [4.69, 9.17) is 19.3 Å². The number of carboxylic acids is 1. The Morgan fingerprint density at radius 2 is 2.32 bits per heavy atom. The molecule has 122 valence electrons. The summed E-state index contributed by atoms with van der Waals surface area (Å²) >= 11 is 0. The standard InChI is InChI=1S/C16H23NO5/c1-20-7-8-21-12-15-11-17(5-6-22-15)10-13-3-2-4-14(9-13)16(18)19/h2-4,9,15H,5-8,10-12H2,1H3,(H,18,19). The maximum absolute atomic E-state index is 11.0. The van der Waals surface area contributed by atoms with Crippen LogP contribution in [0.15, 0.2) is 24.3 Å². The number of morpholine rings is 1. The van der Waals surface area contributed by atoms with Crippen molar-refractivity contribution in [2.24, 2.45) is 0 Å². The molecule has 0 spiro atoms. The molecule has 1 aliphatic heterocycles. The van der Waals surface area contributed by atoms with E-state index in [2.05, 4.69) is 4.90 Å². The van der Waals surface area contributed by atoms with Crippen molar-refractivity contribution in [1.82, 2.24) is 4.90 Å². The molecule has 6 heteroatoms. The van der Waals surface area contributed by atoms with Crippen molar-refractivity contribution >= 4 is 5.97 Å². The lowest BCUT2D eigenvalue weighted by molar-refractivity contribution is -0.0755. The van der Waals surface area contributed by atoms with Crippen LogP contribution in [0.5, 0.6) is 0 Å². The van der Waals surface area contributed by atoms with Gasteiger partial charge in [0.2, 0.25) is 0 Å². The summed E-state index contributed by atoms with van der Waals surface area (Å²) in [5.41, 5.74) is 1.33. The summed E-state index contributed by atoms with van der Waals surface area (Å²) in [6.45, 7) is 4.70. The molecule has 1 aliphatic rings. The molecule has 0 saturated carbocycles. The van der Waals surface area contributed by atoms with Gasteiger partial charge in [0, 0.05) is 26.7 Å². The van der Waals surface area contributed by atoms with Crippen molar-refractivity contribution in [2.45, 2.75) is 12.6 Å². The number of rotatable bonds is 8. The second-order valence-electron chi connectivity index (χ2n) is 5.30. The maximum Gasteiger partial charge on any atom is 0.335 e. The number of benzene rings is 1. The van der Waals surface area contributed by atoms with E-state index in [1.165, 1.54) is 0 Å². The van der Waals surface area contributed by atoms with E-state index in [1.54, 1.807) is 25.3 Å². The van der Waals surface area contributed by atoms with Crippen LogP contribution < -0.4 is 0 Å². The van der Waals surface area contributed by atoms with Gasteiger partial charge >= 0.3 is 5.97 Å². The van der Waals surface area contributed by atoms with Gasteiger partial charge in [0.25, 0.3) is 0 Å². The lowest BCUT2D eigenvalue weighted by Gasteiger charge is -2.32. The Morgan fingerprint density at radius 1 is 1.45 bits per heavy atom. The Kier molecular flexibility index (Phi) is 6.79. The van der Waals surface area contributed by atoms with Crippen molar-refractivity contribution < 1.29 is 24.1 Å². The smallest absolute Gasteiger partial charge is 0.335 e. The molecule has 6 nitrogen and oxygen atoms in total. The number of aromatic carboxylic acids is 1. The fourth-order valence-electron chi connectivity index (χ4n) is 2.44. The first-order chi connectivity index (χ1) is 10.7. The molecule has 0 aliphatic carbocycles. The minimum Gasteiger partial charge on any atom is -0.478 e. The van der Waals surface area contributed by atoms with Gasteiger partial charge in [-0.05, 0) is 17.7 Å². The van der Waals surface area contributed by atoms with Gasteiger partial charge in [-0.3, -0.25) is 4.90 Å². The van der Waals surface area contributed by atoms with Gasteiger partial charge in [0.15, 0.2) is 0 Å². The molecule has 0 amide bonds. The monoisotopic (exact) mass is 309 g/mol. The summed E-state index contributed by atoms with van der Waals surface area (Å²) < 4.78 is 16.1. The van der Waals surface area contributed by atoms with E-state index in [0.29, 0.717) is 32.0 Å². The highest BCUT2D eigenvalue weighted by Gasteiger charge is 2.20. The second-order valence-corrected chi connectivity index (χ2v) is 5.30. The second kappa shape index (κ2) is 8.85. The predicted octanol–water partition coefficient (Wildman–Crippen LogP) is 1.25. The third kappa shape index (κ3) is 5.38. The average Bonchev–Trinajstić information content (AvgIpc) is 2.52.